The summed E-state index contributed by atoms with van der Waals surface area (Å²) in [5.74, 6) is 0.100. The van der Waals surface area contributed by atoms with Gasteiger partial charge in [-0.15, -0.1) is 5.10 Å². The molecular formula is C14H12ClN5O. The molecule has 0 aliphatic rings. The van der Waals surface area contributed by atoms with Gasteiger partial charge in [-0.3, -0.25) is 0 Å². The van der Waals surface area contributed by atoms with Crippen molar-refractivity contribution in [2.24, 2.45) is 0 Å². The van der Waals surface area contributed by atoms with Crippen LogP contribution in [0.2, 0.25) is 5.02 Å². The van der Waals surface area contributed by atoms with E-state index in [0.29, 0.717) is 11.6 Å². The van der Waals surface area contributed by atoms with Crippen LogP contribution < -0.4 is 5.32 Å². The molecule has 0 saturated heterocycles. The Labute approximate surface area is 126 Å². The lowest BCUT2D eigenvalue weighted by molar-refractivity contribution is 0.469. The third kappa shape index (κ3) is 2.95. The van der Waals surface area contributed by atoms with E-state index in [9.17, 15) is 5.11 Å². The average molecular weight is 302 g/mol. The van der Waals surface area contributed by atoms with Crippen molar-refractivity contribution in [2.75, 3.05) is 5.32 Å². The molecule has 3 aromatic rings. The average Bonchev–Trinajstić information content (AvgIpc) is 3.03. The van der Waals surface area contributed by atoms with Crippen molar-refractivity contribution in [3.63, 3.8) is 0 Å². The summed E-state index contributed by atoms with van der Waals surface area (Å²) in [6.45, 7) is 0.464. The van der Waals surface area contributed by atoms with Crippen molar-refractivity contribution in [1.29, 1.82) is 0 Å². The summed E-state index contributed by atoms with van der Waals surface area (Å²) >= 11 is 5.89. The van der Waals surface area contributed by atoms with E-state index in [-0.39, 0.29) is 5.75 Å². The lowest BCUT2D eigenvalue weighted by Gasteiger charge is -2.10. The number of tetrazole rings is 1. The Kier molecular flexibility index (Phi) is 3.70. The van der Waals surface area contributed by atoms with E-state index >= 15 is 0 Å². The van der Waals surface area contributed by atoms with Gasteiger partial charge in [0.2, 0.25) is 0 Å². The Hall–Kier alpha value is -2.60. The van der Waals surface area contributed by atoms with Gasteiger partial charge in [-0.25, -0.2) is 4.68 Å². The second-order valence-electron chi connectivity index (χ2n) is 4.41. The number of phenols is 1. The highest BCUT2D eigenvalue weighted by Gasteiger charge is 2.05. The molecule has 7 heteroatoms. The predicted octanol–water partition coefficient (Wildman–Crippen LogP) is 2.63. The molecule has 0 spiro atoms. The number of rotatable bonds is 4. The molecule has 0 saturated carbocycles. The molecule has 1 heterocycles. The molecule has 106 valence electrons. The molecule has 0 unspecified atom stereocenters. The van der Waals surface area contributed by atoms with Gasteiger partial charge in [-0.05, 0) is 34.7 Å². The maximum absolute atomic E-state index is 9.88. The summed E-state index contributed by atoms with van der Waals surface area (Å²) in [5.41, 5.74) is 2.47. The highest BCUT2D eigenvalue weighted by atomic mass is 35.5. The molecule has 2 N–H and O–H groups in total. The standard InChI is InChI=1S/C14H12ClN5O/c15-13-6-1-3-10(14(13)21)8-16-11-4-2-5-12(7-11)20-9-17-18-19-20/h1-7,9,16,21H,8H2. The predicted molar refractivity (Wildman–Crippen MR) is 79.6 cm³/mol. The number of aromatic hydroxyl groups is 1. The van der Waals surface area contributed by atoms with Gasteiger partial charge in [-0.1, -0.05) is 29.8 Å². The Morgan fingerprint density at radius 1 is 1.19 bits per heavy atom. The third-order valence-electron chi connectivity index (χ3n) is 3.01. The van der Waals surface area contributed by atoms with Gasteiger partial charge in [0, 0.05) is 17.8 Å². The van der Waals surface area contributed by atoms with E-state index in [4.69, 9.17) is 11.6 Å². The van der Waals surface area contributed by atoms with Gasteiger partial charge >= 0.3 is 0 Å². The molecule has 0 radical (unpaired) electrons. The maximum Gasteiger partial charge on any atom is 0.143 e. The second-order valence-corrected chi connectivity index (χ2v) is 4.81. The molecule has 21 heavy (non-hydrogen) atoms. The van der Waals surface area contributed by atoms with E-state index in [1.54, 1.807) is 16.8 Å². The number of aromatic nitrogens is 4. The van der Waals surface area contributed by atoms with Gasteiger partial charge in [0.25, 0.3) is 0 Å². The van der Waals surface area contributed by atoms with E-state index in [0.717, 1.165) is 16.9 Å². The summed E-state index contributed by atoms with van der Waals surface area (Å²) in [6.07, 6.45) is 1.53. The number of phenolic OH excluding ortho intramolecular Hbond substituents is 1. The zero-order valence-electron chi connectivity index (χ0n) is 10.9. The van der Waals surface area contributed by atoms with Crippen LogP contribution in [0.5, 0.6) is 5.75 Å². The molecule has 2 aromatic carbocycles. The van der Waals surface area contributed by atoms with Crippen molar-refractivity contribution in [1.82, 2.24) is 20.2 Å². The van der Waals surface area contributed by atoms with Crippen molar-refractivity contribution in [2.45, 2.75) is 6.54 Å². The fourth-order valence-corrected chi connectivity index (χ4v) is 2.13. The Bertz CT molecular complexity index is 745. The monoisotopic (exact) mass is 301 g/mol. The minimum atomic E-state index is 0.100. The van der Waals surface area contributed by atoms with E-state index in [1.807, 2.05) is 30.3 Å². The Balaban J connectivity index is 1.77. The fraction of sp³-hybridized carbons (Fsp3) is 0.0714. The molecule has 6 nitrogen and oxygen atoms in total. The van der Waals surface area contributed by atoms with Gasteiger partial charge < -0.3 is 10.4 Å². The number of para-hydroxylation sites is 1. The number of anilines is 1. The first kappa shape index (κ1) is 13.4. The van der Waals surface area contributed by atoms with Crippen LogP contribution in [0.4, 0.5) is 5.69 Å². The molecule has 0 atom stereocenters. The molecular weight excluding hydrogens is 290 g/mol. The van der Waals surface area contributed by atoms with Gasteiger partial charge in [0.1, 0.15) is 12.1 Å². The second kappa shape index (κ2) is 5.80. The largest absolute Gasteiger partial charge is 0.506 e. The zero-order chi connectivity index (χ0) is 14.7. The van der Waals surface area contributed by atoms with Crippen LogP contribution in [0.3, 0.4) is 0 Å². The van der Waals surface area contributed by atoms with Crippen LogP contribution in [0.15, 0.2) is 48.8 Å². The minimum Gasteiger partial charge on any atom is -0.506 e. The van der Waals surface area contributed by atoms with Crippen molar-refractivity contribution in [3.05, 3.63) is 59.4 Å². The van der Waals surface area contributed by atoms with Crippen molar-refractivity contribution >= 4 is 17.3 Å². The smallest absolute Gasteiger partial charge is 0.143 e. The highest BCUT2D eigenvalue weighted by Crippen LogP contribution is 2.27. The number of nitrogens with zero attached hydrogens (tertiary/aromatic N) is 4. The van der Waals surface area contributed by atoms with Crippen LogP contribution >= 0.6 is 11.6 Å². The number of benzene rings is 2. The van der Waals surface area contributed by atoms with Gasteiger partial charge in [0.15, 0.2) is 0 Å². The molecule has 3 rings (SSSR count). The Morgan fingerprint density at radius 2 is 2.05 bits per heavy atom. The third-order valence-corrected chi connectivity index (χ3v) is 3.32. The van der Waals surface area contributed by atoms with E-state index in [1.165, 1.54) is 6.33 Å². The van der Waals surface area contributed by atoms with E-state index in [2.05, 4.69) is 20.8 Å². The molecule has 0 amide bonds. The summed E-state index contributed by atoms with van der Waals surface area (Å²) in [4.78, 5) is 0. The first-order chi connectivity index (χ1) is 10.2. The number of hydrogen-bond donors (Lipinski definition) is 2. The number of halogens is 1. The van der Waals surface area contributed by atoms with Gasteiger partial charge in [-0.2, -0.15) is 0 Å². The van der Waals surface area contributed by atoms with Crippen LogP contribution in [-0.2, 0) is 6.54 Å². The molecule has 0 bridgehead atoms. The lowest BCUT2D eigenvalue weighted by atomic mass is 10.2. The molecule has 0 aliphatic heterocycles. The van der Waals surface area contributed by atoms with E-state index < -0.39 is 0 Å². The Morgan fingerprint density at radius 3 is 2.86 bits per heavy atom. The van der Waals surface area contributed by atoms with Gasteiger partial charge in [0.05, 0.1) is 10.7 Å². The first-order valence-electron chi connectivity index (χ1n) is 6.28. The van der Waals surface area contributed by atoms with Crippen molar-refractivity contribution < 1.29 is 5.11 Å². The van der Waals surface area contributed by atoms with Crippen LogP contribution in [0.1, 0.15) is 5.56 Å². The summed E-state index contributed by atoms with van der Waals surface area (Å²) in [6, 6.07) is 12.9. The number of hydrogen-bond acceptors (Lipinski definition) is 5. The maximum atomic E-state index is 9.88. The van der Waals surface area contributed by atoms with Crippen molar-refractivity contribution in [3.8, 4) is 11.4 Å². The van der Waals surface area contributed by atoms with Crippen LogP contribution in [0.25, 0.3) is 5.69 Å². The topological polar surface area (TPSA) is 75.9 Å². The first-order valence-corrected chi connectivity index (χ1v) is 6.65. The summed E-state index contributed by atoms with van der Waals surface area (Å²) in [7, 11) is 0. The zero-order valence-corrected chi connectivity index (χ0v) is 11.7. The van der Waals surface area contributed by atoms with Crippen LogP contribution in [-0.4, -0.2) is 25.3 Å². The fourth-order valence-electron chi connectivity index (χ4n) is 1.94. The van der Waals surface area contributed by atoms with Crippen LogP contribution in [0, 0.1) is 0 Å². The highest BCUT2D eigenvalue weighted by molar-refractivity contribution is 6.32. The SMILES string of the molecule is Oc1c(Cl)cccc1CNc1cccc(-n2cnnn2)c1. The molecule has 0 aliphatic carbocycles. The molecule has 1 aromatic heterocycles. The molecule has 0 fully saturated rings. The minimum absolute atomic E-state index is 0.100. The summed E-state index contributed by atoms with van der Waals surface area (Å²) in [5, 5.41) is 24.5. The number of nitrogens with one attached hydrogen (secondary N) is 1. The lowest BCUT2D eigenvalue weighted by Crippen LogP contribution is -2.01. The quantitative estimate of drug-likeness (QED) is 0.775. The normalized spacial score (nSPS) is 10.5. The summed E-state index contributed by atoms with van der Waals surface area (Å²) < 4.78 is 1.57.